The maximum Gasteiger partial charge on any atom is 0.387 e. The predicted octanol–water partition coefficient (Wildman–Crippen LogP) is 2.37. The van der Waals surface area contributed by atoms with Crippen molar-refractivity contribution < 1.29 is 23.1 Å². The minimum atomic E-state index is -3.00. The molecular formula is C18H26ClF2N3O3. The summed E-state index contributed by atoms with van der Waals surface area (Å²) in [6.07, 6.45) is 0.607. The number of amides is 2. The minimum Gasteiger partial charge on any atom is -0.434 e. The average Bonchev–Trinajstić information content (AvgIpc) is 2.60. The summed E-state index contributed by atoms with van der Waals surface area (Å²) in [7, 11) is 0. The van der Waals surface area contributed by atoms with Gasteiger partial charge >= 0.3 is 6.61 Å². The van der Waals surface area contributed by atoms with Crippen molar-refractivity contribution in [3.8, 4) is 5.75 Å². The molecule has 0 aliphatic carbocycles. The van der Waals surface area contributed by atoms with E-state index in [0.29, 0.717) is 38.5 Å². The van der Waals surface area contributed by atoms with E-state index in [1.807, 2.05) is 13.8 Å². The summed E-state index contributed by atoms with van der Waals surface area (Å²) in [6.45, 7) is 2.39. The van der Waals surface area contributed by atoms with Gasteiger partial charge in [-0.05, 0) is 24.5 Å². The number of nitrogens with zero attached hydrogens (tertiary/aromatic N) is 2. The van der Waals surface area contributed by atoms with Crippen LogP contribution < -0.4 is 10.5 Å². The highest BCUT2D eigenvalue weighted by Crippen LogP contribution is 2.22. The van der Waals surface area contributed by atoms with Crippen LogP contribution in [0.2, 0.25) is 0 Å². The quantitative estimate of drug-likeness (QED) is 0.788. The summed E-state index contributed by atoms with van der Waals surface area (Å²) >= 11 is 0. The lowest BCUT2D eigenvalue weighted by Gasteiger charge is -2.36. The highest BCUT2D eigenvalue weighted by molar-refractivity contribution is 5.97. The van der Waals surface area contributed by atoms with Gasteiger partial charge < -0.3 is 20.3 Å². The molecule has 1 fully saturated rings. The molecule has 2 rings (SSSR count). The van der Waals surface area contributed by atoms with Gasteiger partial charge in [0.1, 0.15) is 5.75 Å². The molecule has 1 heterocycles. The van der Waals surface area contributed by atoms with Gasteiger partial charge in [-0.3, -0.25) is 9.59 Å². The van der Waals surface area contributed by atoms with E-state index in [-0.39, 0.29) is 35.5 Å². The fourth-order valence-corrected chi connectivity index (χ4v) is 2.99. The molecule has 6 nitrogen and oxygen atoms in total. The SMILES string of the molecule is CC(C)C[C@H](N)C(=O)N1CCN(C(=O)c2ccccc2OC(F)F)CC1.Cl. The first-order chi connectivity index (χ1) is 12.3. The molecule has 1 atom stereocenters. The Hall–Kier alpha value is -1.93. The molecule has 0 unspecified atom stereocenters. The highest BCUT2D eigenvalue weighted by Gasteiger charge is 2.29. The van der Waals surface area contributed by atoms with Crippen LogP contribution in [0.25, 0.3) is 0 Å². The molecule has 0 aromatic heterocycles. The molecule has 1 aromatic rings. The summed E-state index contributed by atoms with van der Waals surface area (Å²) in [5, 5.41) is 0. The average molecular weight is 406 g/mol. The number of carbonyl (C=O) groups excluding carboxylic acids is 2. The maximum absolute atomic E-state index is 12.6. The lowest BCUT2D eigenvalue weighted by atomic mass is 10.0. The van der Waals surface area contributed by atoms with Crippen molar-refractivity contribution >= 4 is 24.2 Å². The van der Waals surface area contributed by atoms with Crippen molar-refractivity contribution in [2.45, 2.75) is 32.9 Å². The largest absolute Gasteiger partial charge is 0.434 e. The van der Waals surface area contributed by atoms with E-state index in [1.165, 1.54) is 23.1 Å². The molecule has 1 aliphatic rings. The molecule has 1 aliphatic heterocycles. The normalized spacial score (nSPS) is 15.5. The van der Waals surface area contributed by atoms with Gasteiger partial charge in [0.15, 0.2) is 0 Å². The van der Waals surface area contributed by atoms with Crippen molar-refractivity contribution in [2.24, 2.45) is 11.7 Å². The Morgan fingerprint density at radius 2 is 1.67 bits per heavy atom. The summed E-state index contributed by atoms with van der Waals surface area (Å²) in [5.41, 5.74) is 6.03. The van der Waals surface area contributed by atoms with Gasteiger partial charge in [-0.25, -0.2) is 0 Å². The number of hydrogen-bond acceptors (Lipinski definition) is 4. The second-order valence-electron chi connectivity index (χ2n) is 6.73. The molecule has 0 saturated carbocycles. The first kappa shape index (κ1) is 23.1. The zero-order valence-corrected chi connectivity index (χ0v) is 16.3. The van der Waals surface area contributed by atoms with Crippen molar-refractivity contribution in [3.63, 3.8) is 0 Å². The summed E-state index contributed by atoms with van der Waals surface area (Å²) in [4.78, 5) is 28.2. The van der Waals surface area contributed by atoms with E-state index in [4.69, 9.17) is 5.73 Å². The van der Waals surface area contributed by atoms with Gasteiger partial charge in [0, 0.05) is 26.2 Å². The summed E-state index contributed by atoms with van der Waals surface area (Å²) < 4.78 is 29.4. The summed E-state index contributed by atoms with van der Waals surface area (Å²) in [5.74, 6) is -0.333. The van der Waals surface area contributed by atoms with Crippen LogP contribution in [0.3, 0.4) is 0 Å². The Kier molecular flexibility index (Phi) is 8.92. The lowest BCUT2D eigenvalue weighted by molar-refractivity contribution is -0.134. The van der Waals surface area contributed by atoms with E-state index in [1.54, 1.807) is 11.0 Å². The first-order valence-corrected chi connectivity index (χ1v) is 8.67. The number of ether oxygens (including phenoxy) is 1. The number of carbonyl (C=O) groups is 2. The zero-order chi connectivity index (χ0) is 19.3. The van der Waals surface area contributed by atoms with Crippen LogP contribution in [-0.2, 0) is 4.79 Å². The van der Waals surface area contributed by atoms with Crippen LogP contribution >= 0.6 is 12.4 Å². The minimum absolute atomic E-state index is 0. The fraction of sp³-hybridized carbons (Fsp3) is 0.556. The topological polar surface area (TPSA) is 75.9 Å². The Bertz CT molecular complexity index is 638. The van der Waals surface area contributed by atoms with Gasteiger partial charge in [-0.15, -0.1) is 12.4 Å². The number of halogens is 3. The number of piperazine rings is 1. The number of para-hydroxylation sites is 1. The molecule has 2 N–H and O–H groups in total. The zero-order valence-electron chi connectivity index (χ0n) is 15.4. The molecule has 2 amide bonds. The van der Waals surface area contributed by atoms with Gasteiger partial charge in [-0.2, -0.15) is 8.78 Å². The van der Waals surface area contributed by atoms with Crippen molar-refractivity contribution in [2.75, 3.05) is 26.2 Å². The Morgan fingerprint density at radius 1 is 1.11 bits per heavy atom. The van der Waals surface area contributed by atoms with Gasteiger partial charge in [-0.1, -0.05) is 26.0 Å². The van der Waals surface area contributed by atoms with Crippen molar-refractivity contribution in [1.82, 2.24) is 9.80 Å². The van der Waals surface area contributed by atoms with E-state index >= 15 is 0 Å². The number of nitrogens with two attached hydrogens (primary N) is 1. The van der Waals surface area contributed by atoms with Crippen molar-refractivity contribution in [3.05, 3.63) is 29.8 Å². The standard InChI is InChI=1S/C18H25F2N3O3.ClH/c1-12(2)11-14(21)17(25)23-9-7-22(8-10-23)16(24)13-5-3-4-6-15(13)26-18(19)20;/h3-6,12,14,18H,7-11,21H2,1-2H3;1H/t14-;/m0./s1. The third-order valence-corrected chi connectivity index (χ3v) is 4.25. The fourth-order valence-electron chi connectivity index (χ4n) is 2.99. The van der Waals surface area contributed by atoms with Crippen LogP contribution in [0.15, 0.2) is 24.3 Å². The lowest BCUT2D eigenvalue weighted by Crippen LogP contribution is -2.54. The van der Waals surface area contributed by atoms with Gasteiger partial charge in [0.2, 0.25) is 5.91 Å². The predicted molar refractivity (Wildman–Crippen MR) is 100 cm³/mol. The highest BCUT2D eigenvalue weighted by atomic mass is 35.5. The molecule has 27 heavy (non-hydrogen) atoms. The molecule has 0 radical (unpaired) electrons. The van der Waals surface area contributed by atoms with E-state index in [0.717, 1.165) is 0 Å². The third-order valence-electron chi connectivity index (χ3n) is 4.25. The molecule has 0 bridgehead atoms. The maximum atomic E-state index is 12.6. The van der Waals surface area contributed by atoms with Gasteiger partial charge in [0.25, 0.3) is 5.91 Å². The number of hydrogen-bond donors (Lipinski definition) is 1. The first-order valence-electron chi connectivity index (χ1n) is 8.67. The number of alkyl halides is 2. The Labute approximate surface area is 164 Å². The molecular weight excluding hydrogens is 380 g/mol. The van der Waals surface area contributed by atoms with Gasteiger partial charge in [0.05, 0.1) is 11.6 Å². The third kappa shape index (κ3) is 6.32. The number of rotatable bonds is 6. The number of benzene rings is 1. The second kappa shape index (κ2) is 10.4. The Morgan fingerprint density at radius 3 is 2.22 bits per heavy atom. The van der Waals surface area contributed by atoms with Crippen molar-refractivity contribution in [1.29, 1.82) is 0 Å². The molecule has 0 spiro atoms. The van der Waals surface area contributed by atoms with Crippen LogP contribution in [0, 0.1) is 5.92 Å². The molecule has 9 heteroatoms. The van der Waals surface area contributed by atoms with Crippen LogP contribution in [0.1, 0.15) is 30.6 Å². The summed E-state index contributed by atoms with van der Waals surface area (Å²) in [6, 6.07) is 5.37. The van der Waals surface area contributed by atoms with E-state index in [9.17, 15) is 18.4 Å². The van der Waals surface area contributed by atoms with E-state index < -0.39 is 12.7 Å². The van der Waals surface area contributed by atoms with Crippen LogP contribution in [0.5, 0.6) is 5.75 Å². The Balaban J connectivity index is 0.00000364. The smallest absolute Gasteiger partial charge is 0.387 e. The van der Waals surface area contributed by atoms with Crippen LogP contribution in [-0.4, -0.2) is 60.4 Å². The molecule has 1 aromatic carbocycles. The van der Waals surface area contributed by atoms with E-state index in [2.05, 4.69) is 4.74 Å². The molecule has 152 valence electrons. The molecule has 1 saturated heterocycles. The second-order valence-corrected chi connectivity index (χ2v) is 6.73. The van der Waals surface area contributed by atoms with Crippen LogP contribution in [0.4, 0.5) is 8.78 Å². The monoisotopic (exact) mass is 405 g/mol.